The average Bonchev–Trinajstić information content (AvgIpc) is 1.57. The van der Waals surface area contributed by atoms with Crippen LogP contribution in [0.15, 0.2) is 0 Å². The van der Waals surface area contributed by atoms with Crippen molar-refractivity contribution in [3.8, 4) is 0 Å². The zero-order chi connectivity index (χ0) is 71.9. The molecule has 566 valence electrons. The molecule has 0 aromatic heterocycles. The van der Waals surface area contributed by atoms with E-state index in [1.54, 1.807) is 21.0 Å². The number of carboxylic acid groups (broad SMARTS) is 2. The monoisotopic (exact) mass is 1390 g/mol. The van der Waals surface area contributed by atoms with Crippen molar-refractivity contribution in [1.82, 2.24) is 0 Å². The Morgan fingerprint density at radius 3 is 1.70 bits per heavy atom. The summed E-state index contributed by atoms with van der Waals surface area (Å²) in [6.45, 7) is 34.0. The van der Waals surface area contributed by atoms with Gasteiger partial charge in [-0.15, -0.1) is 0 Å². The maximum absolute atomic E-state index is 11.8. The second-order valence-corrected chi connectivity index (χ2v) is 34.7. The fourth-order valence-corrected chi connectivity index (χ4v) is 21.2. The Labute approximate surface area is 584 Å². The van der Waals surface area contributed by atoms with Gasteiger partial charge in [0.1, 0.15) is 0 Å². The smallest absolute Gasteiger partial charge is 0.308 e. The minimum atomic E-state index is -1.56. The first-order chi connectivity index (χ1) is 45.9. The van der Waals surface area contributed by atoms with Gasteiger partial charge in [0.2, 0.25) is 0 Å². The summed E-state index contributed by atoms with van der Waals surface area (Å²) in [5.74, 6) is -7.78. The Hall–Kier alpha value is -1.78. The van der Waals surface area contributed by atoms with Crippen LogP contribution in [0.4, 0.5) is 0 Å². The Balaban J connectivity index is 0.000000213. The molecule has 36 atom stereocenters. The van der Waals surface area contributed by atoms with Gasteiger partial charge in [0, 0.05) is 75.4 Å². The average molecular weight is 1400 g/mol. The Bertz CT molecular complexity index is 2690. The van der Waals surface area contributed by atoms with Gasteiger partial charge < -0.3 is 97.3 Å². The number of hydrogen-bond acceptors (Lipinski definition) is 20. The van der Waals surface area contributed by atoms with E-state index in [4.69, 9.17) is 61.6 Å². The molecular formula is C76H130O22. The first-order valence-electron chi connectivity index (χ1n) is 38.1. The minimum Gasteiger partial charge on any atom is -0.481 e. The highest BCUT2D eigenvalue weighted by Crippen LogP contribution is 2.59. The quantitative estimate of drug-likeness (QED) is 0.0633. The number of aliphatic carboxylic acids is 2. The maximum Gasteiger partial charge on any atom is 0.308 e. The van der Waals surface area contributed by atoms with Crippen LogP contribution in [0.5, 0.6) is 0 Å². The van der Waals surface area contributed by atoms with Gasteiger partial charge >= 0.3 is 11.9 Å². The summed E-state index contributed by atoms with van der Waals surface area (Å²) >= 11 is 0. The van der Waals surface area contributed by atoms with E-state index in [1.165, 1.54) is 7.11 Å². The maximum atomic E-state index is 11.8. The molecule has 0 amide bonds. The molecule has 0 bridgehead atoms. The summed E-state index contributed by atoms with van der Waals surface area (Å²) in [5.41, 5.74) is -2.24. The molecule has 11 aliphatic heterocycles. The van der Waals surface area contributed by atoms with Crippen molar-refractivity contribution < 1.29 is 107 Å². The second kappa shape index (κ2) is 29.9. The molecule has 0 aliphatic carbocycles. The molecule has 7 N–H and O–H groups in total. The lowest BCUT2D eigenvalue weighted by Gasteiger charge is -2.50. The van der Waals surface area contributed by atoms with E-state index in [9.17, 15) is 45.3 Å². The Morgan fingerprint density at radius 1 is 0.561 bits per heavy atom. The van der Waals surface area contributed by atoms with E-state index < -0.39 is 101 Å². The van der Waals surface area contributed by atoms with Crippen LogP contribution < -0.4 is 0 Å². The van der Waals surface area contributed by atoms with Gasteiger partial charge in [-0.05, 0) is 148 Å². The van der Waals surface area contributed by atoms with Crippen LogP contribution in [0.3, 0.4) is 0 Å². The summed E-state index contributed by atoms with van der Waals surface area (Å²) in [5, 5.41) is 72.5. The normalized spacial score (nSPS) is 52.6. The molecule has 2 spiro atoms. The zero-order valence-electron chi connectivity index (χ0n) is 62.9. The standard InChI is InChI=1S/C40H68O11.C36H62O11/c1-21-11-12-28(46-33(21)26(6)36(42)43)17-29-18-30(45-10)27(7)40(48-29)25(5)19-38(9,51-40)32-13-14-37(8,49-32)35-23(3)16-31(47-35)34-22(2)15-24(4)39(44,20-41)50-34;1-10-34(31-20(3)16-26(43-31)28-19(2)15-21(4)36(41,18-37)46-28)12-11-27(44-34)33(8)13-14-35(47-33)17-25(38)22(5)30(45-35)23(6)29(42-9)24(7)32(39)40/h21-35,41,44H,11-20H2,1-10H3,(H,42,43);19-31,37-38,41H,10-18H2,1-9H3,(H,39,40)/t21-,22-,23-,24+,25+,26+,27+,28+,29+,30+,31+,32+,33+,34-,35+,37-,38-,39-,40+;19-,20-,21+,22+,23-,24-,25-,26+,27+,28-,29+,30-,31+,33-,34-,35+,36-/m00/s1. The number of ether oxygens (including phenoxy) is 13. The molecule has 98 heavy (non-hydrogen) atoms. The molecular weight excluding hydrogens is 1260 g/mol. The van der Waals surface area contributed by atoms with Crippen molar-refractivity contribution in [1.29, 1.82) is 0 Å². The molecule has 0 unspecified atom stereocenters. The number of carbonyl (C=O) groups is 2. The summed E-state index contributed by atoms with van der Waals surface area (Å²) < 4.78 is 86.4. The molecule has 22 nitrogen and oxygen atoms in total. The van der Waals surface area contributed by atoms with Crippen molar-refractivity contribution in [2.24, 2.45) is 76.9 Å². The summed E-state index contributed by atoms with van der Waals surface area (Å²) in [4.78, 5) is 23.7. The molecule has 11 aliphatic rings. The van der Waals surface area contributed by atoms with Crippen molar-refractivity contribution in [2.75, 3.05) is 27.4 Å². The van der Waals surface area contributed by atoms with Gasteiger partial charge in [-0.25, -0.2) is 0 Å². The van der Waals surface area contributed by atoms with Gasteiger partial charge in [-0.2, -0.15) is 0 Å². The van der Waals surface area contributed by atoms with Gasteiger partial charge in [0.25, 0.3) is 0 Å². The van der Waals surface area contributed by atoms with Gasteiger partial charge in [-0.1, -0.05) is 83.1 Å². The summed E-state index contributed by atoms with van der Waals surface area (Å²) in [7, 11) is 3.29. The summed E-state index contributed by atoms with van der Waals surface area (Å²) in [6.07, 6.45) is 8.84. The lowest BCUT2D eigenvalue weighted by molar-refractivity contribution is -0.353. The largest absolute Gasteiger partial charge is 0.481 e. The zero-order valence-corrected chi connectivity index (χ0v) is 62.9. The predicted octanol–water partition coefficient (Wildman–Crippen LogP) is 9.98. The third-order valence-electron chi connectivity index (χ3n) is 27.5. The number of methoxy groups -OCH3 is 2. The Kier molecular flexibility index (Phi) is 24.0. The third kappa shape index (κ3) is 14.8. The van der Waals surface area contributed by atoms with Crippen LogP contribution >= 0.6 is 0 Å². The second-order valence-electron chi connectivity index (χ2n) is 34.7. The van der Waals surface area contributed by atoms with Gasteiger partial charge in [-0.3, -0.25) is 9.59 Å². The van der Waals surface area contributed by atoms with Crippen molar-refractivity contribution in [3.63, 3.8) is 0 Å². The minimum absolute atomic E-state index is 0.00727. The number of hydrogen-bond donors (Lipinski definition) is 7. The fraction of sp³-hybridized carbons (Fsp3) is 0.974. The van der Waals surface area contributed by atoms with E-state index in [0.717, 1.165) is 83.5 Å². The van der Waals surface area contributed by atoms with Crippen LogP contribution in [0.2, 0.25) is 0 Å². The fourth-order valence-electron chi connectivity index (χ4n) is 21.2. The molecule has 0 radical (unpaired) electrons. The number of rotatable bonds is 19. The first-order valence-corrected chi connectivity index (χ1v) is 38.1. The topological polar surface area (TPSA) is 296 Å². The van der Waals surface area contributed by atoms with E-state index in [-0.39, 0.29) is 138 Å². The van der Waals surface area contributed by atoms with Crippen LogP contribution in [-0.2, 0) is 71.2 Å². The molecule has 22 heteroatoms. The van der Waals surface area contributed by atoms with E-state index >= 15 is 0 Å². The number of carboxylic acids is 2. The van der Waals surface area contributed by atoms with Crippen LogP contribution in [-0.4, -0.2) is 212 Å². The lowest BCUT2D eigenvalue weighted by Crippen LogP contribution is -2.58. The van der Waals surface area contributed by atoms with Crippen LogP contribution in [0.25, 0.3) is 0 Å². The number of aliphatic hydroxyl groups is 5. The molecule has 11 heterocycles. The third-order valence-corrected chi connectivity index (χ3v) is 27.5. The number of aliphatic hydroxyl groups excluding tert-OH is 3. The van der Waals surface area contributed by atoms with Crippen molar-refractivity contribution in [2.45, 2.75) is 364 Å². The highest BCUT2D eigenvalue weighted by Gasteiger charge is 2.67. The SMILES string of the molecule is CC[C@@]1([C@@H]2O[C@@H]([C@H]3O[C@@](O)(CO)[C@H](C)C[C@@H]3C)C[C@@H]2C)CC[C@H]([C@]2(C)CC[C@]3(C[C@H](O)[C@@H](C)[C@@H]([C@@H](C)[C@@H](OC)[C@H](C)C(=O)O)O3)O2)O1.CO[C@@H]1C[C@@H](C[C@H]2CC[C@H](C)[C@H]([C@@H](C)C(=O)O)O2)O[C@]2(O[C@](C)([C@H]3CC[C@@](C)([C@@H]4O[C@@H]([C@H]5O[C@@](O)(CO)[C@H](C)C[C@@H]5C)C[C@@H]4C)O3)C[C@H]2C)[C@@H]1C. The van der Waals surface area contributed by atoms with E-state index in [2.05, 4.69) is 76.2 Å². The highest BCUT2D eigenvalue weighted by atomic mass is 16.7. The van der Waals surface area contributed by atoms with E-state index in [0.29, 0.717) is 25.7 Å². The molecule has 0 saturated carbocycles. The highest BCUT2D eigenvalue weighted by molar-refractivity contribution is 5.70. The van der Waals surface area contributed by atoms with Crippen molar-refractivity contribution >= 4 is 11.9 Å². The molecule has 11 saturated heterocycles. The lowest BCUT2D eigenvalue weighted by atomic mass is 9.78. The van der Waals surface area contributed by atoms with Gasteiger partial charge in [0.15, 0.2) is 23.1 Å². The molecule has 0 aromatic rings. The summed E-state index contributed by atoms with van der Waals surface area (Å²) in [6, 6.07) is 0. The predicted molar refractivity (Wildman–Crippen MR) is 361 cm³/mol. The molecule has 11 fully saturated rings. The molecule has 0 aromatic carbocycles. The molecule has 11 rings (SSSR count). The van der Waals surface area contributed by atoms with Crippen molar-refractivity contribution in [3.05, 3.63) is 0 Å². The Morgan fingerprint density at radius 2 is 1.14 bits per heavy atom. The van der Waals surface area contributed by atoms with Crippen LogP contribution in [0.1, 0.15) is 227 Å². The first kappa shape index (κ1) is 78.8. The van der Waals surface area contributed by atoms with Gasteiger partial charge in [0.05, 0.1) is 139 Å². The van der Waals surface area contributed by atoms with E-state index in [1.807, 2.05) is 27.7 Å². The van der Waals surface area contributed by atoms with Crippen LogP contribution in [0, 0.1) is 76.9 Å².